The van der Waals surface area contributed by atoms with Crippen LogP contribution in [-0.2, 0) is 21.4 Å². The number of carbonyl (C=O) groups is 2. The largest absolute Gasteiger partial charge is 0.481 e. The molecule has 0 bridgehead atoms. The Kier molecular flexibility index (Phi) is 4.53. The van der Waals surface area contributed by atoms with Crippen LogP contribution in [0.1, 0.15) is 30.4 Å². The van der Waals surface area contributed by atoms with Gasteiger partial charge in [-0.15, -0.1) is 0 Å². The van der Waals surface area contributed by atoms with Gasteiger partial charge in [0, 0.05) is 17.3 Å². The van der Waals surface area contributed by atoms with Crippen molar-refractivity contribution in [1.82, 2.24) is 0 Å². The van der Waals surface area contributed by atoms with Gasteiger partial charge < -0.3 is 10.4 Å². The van der Waals surface area contributed by atoms with E-state index in [-0.39, 0.29) is 17.9 Å². The molecule has 0 atom stereocenters. The average molecular weight is 345 g/mol. The van der Waals surface area contributed by atoms with Crippen molar-refractivity contribution in [1.29, 1.82) is 0 Å². The van der Waals surface area contributed by atoms with E-state index < -0.39 is 23.0 Å². The molecule has 1 aliphatic carbocycles. The first-order valence-electron chi connectivity index (χ1n) is 7.98. The van der Waals surface area contributed by atoms with Gasteiger partial charge in [-0.25, -0.2) is 8.78 Å². The molecule has 0 heterocycles. The zero-order chi connectivity index (χ0) is 18.0. The molecule has 0 unspecified atom stereocenters. The Morgan fingerprint density at radius 1 is 1.08 bits per heavy atom. The van der Waals surface area contributed by atoms with Crippen LogP contribution in [0.25, 0.3) is 0 Å². The van der Waals surface area contributed by atoms with Crippen molar-refractivity contribution in [2.75, 3.05) is 5.32 Å². The molecule has 6 heteroatoms. The number of rotatable bonds is 5. The molecule has 1 amide bonds. The van der Waals surface area contributed by atoms with Gasteiger partial charge in [-0.3, -0.25) is 9.59 Å². The summed E-state index contributed by atoms with van der Waals surface area (Å²) in [4.78, 5) is 23.4. The van der Waals surface area contributed by atoms with Crippen LogP contribution in [0, 0.1) is 11.6 Å². The topological polar surface area (TPSA) is 66.4 Å². The van der Waals surface area contributed by atoms with E-state index in [1.54, 1.807) is 24.3 Å². The van der Waals surface area contributed by atoms with Gasteiger partial charge in [0.25, 0.3) is 0 Å². The number of carboxylic acids is 1. The molecular weight excluding hydrogens is 328 g/mol. The summed E-state index contributed by atoms with van der Waals surface area (Å²) in [5.74, 6) is -2.66. The van der Waals surface area contributed by atoms with Crippen LogP contribution < -0.4 is 5.32 Å². The first-order chi connectivity index (χ1) is 11.9. The molecular formula is C19H17F2NO3. The number of hydrogen-bond donors (Lipinski definition) is 2. The highest BCUT2D eigenvalue weighted by Crippen LogP contribution is 2.45. The van der Waals surface area contributed by atoms with Crippen molar-refractivity contribution in [3.05, 3.63) is 65.2 Å². The van der Waals surface area contributed by atoms with Crippen LogP contribution in [0.5, 0.6) is 0 Å². The molecule has 25 heavy (non-hydrogen) atoms. The lowest BCUT2D eigenvalue weighted by Crippen LogP contribution is -2.46. The number of hydrogen-bond acceptors (Lipinski definition) is 2. The van der Waals surface area contributed by atoms with Crippen LogP contribution in [0.3, 0.4) is 0 Å². The van der Waals surface area contributed by atoms with Crippen molar-refractivity contribution in [3.8, 4) is 0 Å². The van der Waals surface area contributed by atoms with Gasteiger partial charge in [-0.2, -0.15) is 0 Å². The highest BCUT2D eigenvalue weighted by molar-refractivity contribution is 6.00. The average Bonchev–Trinajstić information content (AvgIpc) is 2.49. The molecule has 2 N–H and O–H groups in total. The minimum Gasteiger partial charge on any atom is -0.481 e. The van der Waals surface area contributed by atoms with E-state index in [1.807, 2.05) is 0 Å². The minimum atomic E-state index is -0.989. The van der Waals surface area contributed by atoms with E-state index in [0.29, 0.717) is 24.1 Å². The predicted molar refractivity (Wildman–Crippen MR) is 88.3 cm³/mol. The standard InChI is InChI=1S/C19H17F2NO3/c20-13-4-7-15(16(21)11-13)19(8-1-9-19)18(25)22-14-5-2-12(3-6-14)10-17(23)24/h2-7,11H,1,8-10H2,(H,22,25)(H,23,24). The number of carbonyl (C=O) groups excluding carboxylic acids is 1. The lowest BCUT2D eigenvalue weighted by Gasteiger charge is -2.40. The van der Waals surface area contributed by atoms with Crippen LogP contribution in [-0.4, -0.2) is 17.0 Å². The highest BCUT2D eigenvalue weighted by atomic mass is 19.1. The maximum Gasteiger partial charge on any atom is 0.307 e. The summed E-state index contributed by atoms with van der Waals surface area (Å²) in [5, 5.41) is 11.5. The number of anilines is 1. The zero-order valence-corrected chi connectivity index (χ0v) is 13.4. The lowest BCUT2D eigenvalue weighted by molar-refractivity contribution is -0.136. The maximum absolute atomic E-state index is 14.2. The minimum absolute atomic E-state index is 0.0983. The Bertz CT molecular complexity index is 814. The van der Waals surface area contributed by atoms with E-state index >= 15 is 0 Å². The molecule has 2 aromatic carbocycles. The molecule has 130 valence electrons. The van der Waals surface area contributed by atoms with E-state index in [0.717, 1.165) is 18.6 Å². The number of carboxylic acid groups (broad SMARTS) is 1. The number of aliphatic carboxylic acids is 1. The van der Waals surface area contributed by atoms with Crippen molar-refractivity contribution in [2.24, 2.45) is 0 Å². The van der Waals surface area contributed by atoms with Gasteiger partial charge >= 0.3 is 5.97 Å². The summed E-state index contributed by atoms with van der Waals surface area (Å²) in [6, 6.07) is 9.76. The third-order valence-corrected chi connectivity index (χ3v) is 4.66. The Labute approximate surface area is 143 Å². The normalized spacial score (nSPS) is 15.3. The third kappa shape index (κ3) is 3.38. The quantitative estimate of drug-likeness (QED) is 0.869. The molecule has 2 aromatic rings. The highest BCUT2D eigenvalue weighted by Gasteiger charge is 2.47. The van der Waals surface area contributed by atoms with Crippen molar-refractivity contribution in [2.45, 2.75) is 31.1 Å². The first kappa shape index (κ1) is 17.1. The van der Waals surface area contributed by atoms with Gasteiger partial charge in [0.05, 0.1) is 11.8 Å². The van der Waals surface area contributed by atoms with E-state index in [4.69, 9.17) is 5.11 Å². The molecule has 0 spiro atoms. The first-order valence-corrected chi connectivity index (χ1v) is 7.98. The van der Waals surface area contributed by atoms with Crippen molar-refractivity contribution >= 4 is 17.6 Å². The summed E-state index contributed by atoms with van der Waals surface area (Å²) in [6.07, 6.45) is 1.69. The molecule has 0 radical (unpaired) electrons. The number of nitrogens with one attached hydrogen (secondary N) is 1. The third-order valence-electron chi connectivity index (χ3n) is 4.66. The maximum atomic E-state index is 14.2. The van der Waals surface area contributed by atoms with Crippen molar-refractivity contribution < 1.29 is 23.5 Å². The monoisotopic (exact) mass is 345 g/mol. The van der Waals surface area contributed by atoms with Gasteiger partial charge in [0.15, 0.2) is 0 Å². The summed E-state index contributed by atoms with van der Waals surface area (Å²) in [6.45, 7) is 0. The van der Waals surface area contributed by atoms with Gasteiger partial charge in [-0.1, -0.05) is 24.6 Å². The van der Waals surface area contributed by atoms with E-state index in [2.05, 4.69) is 5.32 Å². The fraction of sp³-hybridized carbons (Fsp3) is 0.263. The second-order valence-corrected chi connectivity index (χ2v) is 6.28. The van der Waals surface area contributed by atoms with Gasteiger partial charge in [0.2, 0.25) is 5.91 Å². The smallest absolute Gasteiger partial charge is 0.307 e. The SMILES string of the molecule is O=C(O)Cc1ccc(NC(=O)C2(c3ccc(F)cc3F)CCC2)cc1. The molecule has 0 aliphatic heterocycles. The molecule has 3 rings (SSSR count). The number of halogens is 2. The Morgan fingerprint density at radius 3 is 2.28 bits per heavy atom. The van der Waals surface area contributed by atoms with Gasteiger partial charge in [0.1, 0.15) is 11.6 Å². The summed E-state index contributed by atoms with van der Waals surface area (Å²) in [5.41, 5.74) is 0.346. The van der Waals surface area contributed by atoms with Gasteiger partial charge in [-0.05, 0) is 36.6 Å². The predicted octanol–water partition coefficient (Wildman–Crippen LogP) is 3.65. The molecule has 1 saturated carbocycles. The fourth-order valence-electron chi connectivity index (χ4n) is 3.16. The van der Waals surface area contributed by atoms with Crippen LogP contribution in [0.2, 0.25) is 0 Å². The summed E-state index contributed by atoms with van der Waals surface area (Å²) in [7, 11) is 0. The second kappa shape index (κ2) is 6.63. The van der Waals surface area contributed by atoms with Crippen molar-refractivity contribution in [3.63, 3.8) is 0 Å². The fourth-order valence-corrected chi connectivity index (χ4v) is 3.16. The Hall–Kier alpha value is -2.76. The number of benzene rings is 2. The zero-order valence-electron chi connectivity index (χ0n) is 13.4. The summed E-state index contributed by atoms with van der Waals surface area (Å²) < 4.78 is 27.3. The molecule has 0 aromatic heterocycles. The van der Waals surface area contributed by atoms with Crippen LogP contribution in [0.4, 0.5) is 14.5 Å². The Balaban J connectivity index is 1.80. The van der Waals surface area contributed by atoms with E-state index in [9.17, 15) is 18.4 Å². The second-order valence-electron chi connectivity index (χ2n) is 6.28. The van der Waals surface area contributed by atoms with E-state index in [1.165, 1.54) is 6.07 Å². The van der Waals surface area contributed by atoms with Crippen LogP contribution >= 0.6 is 0 Å². The molecule has 0 saturated heterocycles. The van der Waals surface area contributed by atoms with Crippen LogP contribution in [0.15, 0.2) is 42.5 Å². The molecule has 4 nitrogen and oxygen atoms in total. The number of amides is 1. The molecule has 1 aliphatic rings. The Morgan fingerprint density at radius 2 is 1.76 bits per heavy atom. The molecule has 1 fully saturated rings. The summed E-state index contributed by atoms with van der Waals surface area (Å²) >= 11 is 0. The lowest BCUT2D eigenvalue weighted by atomic mass is 9.63.